The molecular formula is C102H61BrN8O2. The van der Waals surface area contributed by atoms with E-state index in [0.29, 0.717) is 0 Å². The average Bonchev–Trinajstić information content (AvgIpc) is 1.55. The normalized spacial score (nSPS) is 12.1. The Morgan fingerprint density at radius 2 is 0.593 bits per heavy atom. The second-order valence-corrected chi connectivity index (χ2v) is 30.3. The van der Waals surface area contributed by atoms with Crippen molar-refractivity contribution in [3.63, 3.8) is 0 Å². The van der Waals surface area contributed by atoms with E-state index in [0.717, 1.165) is 120 Å². The highest BCUT2D eigenvalue weighted by Gasteiger charge is 2.24. The molecule has 26 rings (SSSR count). The number of nitrogens with one attached hydrogen (secondary N) is 1. The van der Waals surface area contributed by atoms with Crippen molar-refractivity contribution in [3.8, 4) is 39.3 Å². The first-order valence-corrected chi connectivity index (χ1v) is 38.9. The fourth-order valence-corrected chi connectivity index (χ4v) is 18.5. The Bertz CT molecular complexity index is 8480. The van der Waals surface area contributed by atoms with E-state index in [1.807, 2.05) is 30.3 Å². The topological polar surface area (TPSA) is 91.5 Å². The summed E-state index contributed by atoms with van der Waals surface area (Å²) in [6.07, 6.45) is 0. The summed E-state index contributed by atoms with van der Waals surface area (Å²) in [5.74, 6) is 0. The van der Waals surface area contributed by atoms with Gasteiger partial charge in [-0.15, -0.1) is 0 Å². The Morgan fingerprint density at radius 3 is 1.08 bits per heavy atom. The number of hydrogen-bond donors (Lipinski definition) is 1. The first kappa shape index (κ1) is 63.2. The molecule has 0 saturated heterocycles. The van der Waals surface area contributed by atoms with Crippen molar-refractivity contribution < 1.29 is 8.83 Å². The maximum Gasteiger partial charge on any atom is 0.160 e. The molecule has 11 heteroatoms. The summed E-state index contributed by atoms with van der Waals surface area (Å²) in [4.78, 5) is 13.6. The van der Waals surface area contributed by atoms with Gasteiger partial charge in [-0.2, -0.15) is 0 Å². The number of para-hydroxylation sites is 10. The number of imidazole rings is 2. The van der Waals surface area contributed by atoms with Gasteiger partial charge in [0.25, 0.3) is 0 Å². The average molecular weight is 1510 g/mol. The molecule has 16 aromatic carbocycles. The number of aromatic nitrogens is 8. The minimum Gasteiger partial charge on any atom is -0.454 e. The SMILES string of the molecule is Brc1ccc2oc3c4ccccc4c4nc5ccccc5n4c3c2c1.c1ccc(-n2c3ccccc3c3cc(-c4ccc5[nH]c6ccccc6c5c4)ccc32)cc1.c1ccc(-n2c3ccccc3c3cc(-c4ccc5c(c4)c4ccccc4n5-c4ccc5oc6c7ccccc7c7nc8ccccc8n7c6c5c4)ccc32)cc1. The zero-order chi connectivity index (χ0) is 74.1. The van der Waals surface area contributed by atoms with Crippen LogP contribution in [0.4, 0.5) is 0 Å². The number of fused-ring (bicyclic) bond motifs is 32. The number of nitrogens with zero attached hydrogens (tertiary/aromatic N) is 7. The standard InChI is InChI=1S/C51H30N4O.C30H20N2.C21H11BrN2O/c1-2-12-33(13-3-1)53-43-19-9-6-14-35(43)39-28-31(22-25-45(39)53)32-23-26-46-40(29-32)36-15-7-10-20-44(36)54(46)34-24-27-48-41(30-34)49-50(56-48)37-16-4-5-17-38(37)51-52-42-18-8-11-21-47(42)55(49)51;1-2-8-22(9-3-1)32-29-13-7-5-11-24(29)26-19-21(15-17-30(26)32)20-14-16-28-25(18-20)23-10-4-6-12-27(23)31-28;22-12-9-10-18-15(11-12)19-20(25-18)13-5-1-2-6-14(13)21-23-16-7-3-4-8-17(16)24(19)21/h1-30H;1-19,31H;1-11H. The van der Waals surface area contributed by atoms with Crippen LogP contribution in [0.25, 0.3) is 226 Å². The van der Waals surface area contributed by atoms with Gasteiger partial charge in [-0.25, -0.2) is 9.97 Å². The maximum atomic E-state index is 6.73. The highest BCUT2D eigenvalue weighted by atomic mass is 79.9. The van der Waals surface area contributed by atoms with E-state index in [-0.39, 0.29) is 0 Å². The lowest BCUT2D eigenvalue weighted by Crippen LogP contribution is -1.94. The number of furan rings is 2. The van der Waals surface area contributed by atoms with Gasteiger partial charge in [-0.3, -0.25) is 8.80 Å². The smallest absolute Gasteiger partial charge is 0.160 e. The molecule has 0 aliphatic heterocycles. The van der Waals surface area contributed by atoms with Crippen molar-refractivity contribution in [1.82, 2.24) is 37.5 Å². The first-order chi connectivity index (χ1) is 56.0. The number of H-pyrrole nitrogens is 1. The van der Waals surface area contributed by atoms with Crippen molar-refractivity contribution in [3.05, 3.63) is 368 Å². The fourth-order valence-electron chi connectivity index (χ4n) is 18.2. The maximum absolute atomic E-state index is 6.73. The van der Waals surface area contributed by atoms with Gasteiger partial charge in [0.2, 0.25) is 0 Å². The van der Waals surface area contributed by atoms with Crippen LogP contribution in [0, 0.1) is 0 Å². The summed E-state index contributed by atoms with van der Waals surface area (Å²) in [5, 5.41) is 16.5. The largest absolute Gasteiger partial charge is 0.454 e. The quantitative estimate of drug-likeness (QED) is 0.186. The van der Waals surface area contributed by atoms with E-state index >= 15 is 0 Å². The van der Waals surface area contributed by atoms with Gasteiger partial charge in [0.1, 0.15) is 33.5 Å². The van der Waals surface area contributed by atoms with Crippen LogP contribution in [0.3, 0.4) is 0 Å². The lowest BCUT2D eigenvalue weighted by atomic mass is 10.0. The molecule has 0 radical (unpaired) electrons. The highest BCUT2D eigenvalue weighted by molar-refractivity contribution is 9.10. The molecule has 0 aliphatic rings. The molecule has 0 aliphatic carbocycles. The zero-order valence-corrected chi connectivity index (χ0v) is 62.1. The van der Waals surface area contributed by atoms with Gasteiger partial charge >= 0.3 is 0 Å². The van der Waals surface area contributed by atoms with E-state index in [1.54, 1.807) is 0 Å². The minimum absolute atomic E-state index is 0.853. The van der Waals surface area contributed by atoms with Crippen LogP contribution in [-0.4, -0.2) is 37.5 Å². The Kier molecular flexibility index (Phi) is 13.8. The van der Waals surface area contributed by atoms with Gasteiger partial charge in [-0.05, 0) is 180 Å². The van der Waals surface area contributed by atoms with Crippen LogP contribution in [0.1, 0.15) is 0 Å². The Balaban J connectivity index is 0.000000109. The number of hydrogen-bond acceptors (Lipinski definition) is 4. The fraction of sp³-hybridized carbons (Fsp3) is 0. The molecule has 10 heterocycles. The third-order valence-corrected chi connectivity index (χ3v) is 23.6. The minimum atomic E-state index is 0.853. The van der Waals surface area contributed by atoms with Crippen LogP contribution < -0.4 is 0 Å². The predicted molar refractivity (Wildman–Crippen MR) is 472 cm³/mol. The van der Waals surface area contributed by atoms with Crippen LogP contribution in [0.2, 0.25) is 0 Å². The Labute approximate surface area is 651 Å². The van der Waals surface area contributed by atoms with Crippen molar-refractivity contribution in [1.29, 1.82) is 0 Å². The number of aromatic amines is 1. The van der Waals surface area contributed by atoms with Crippen LogP contribution >= 0.6 is 15.9 Å². The van der Waals surface area contributed by atoms with Crippen molar-refractivity contribution >= 4 is 202 Å². The lowest BCUT2D eigenvalue weighted by Gasteiger charge is -2.10. The molecule has 26 aromatic rings. The van der Waals surface area contributed by atoms with Gasteiger partial charge in [0, 0.05) is 108 Å². The molecule has 10 aromatic heterocycles. The molecule has 0 amide bonds. The van der Waals surface area contributed by atoms with Crippen molar-refractivity contribution in [2.24, 2.45) is 0 Å². The molecule has 0 unspecified atom stereocenters. The van der Waals surface area contributed by atoms with E-state index in [1.165, 1.54) is 110 Å². The molecule has 0 spiro atoms. The van der Waals surface area contributed by atoms with Gasteiger partial charge in [0.05, 0.1) is 55.2 Å². The van der Waals surface area contributed by atoms with Gasteiger partial charge < -0.3 is 27.5 Å². The van der Waals surface area contributed by atoms with Crippen LogP contribution in [-0.2, 0) is 0 Å². The molecule has 0 fully saturated rings. The number of pyridine rings is 2. The van der Waals surface area contributed by atoms with Crippen molar-refractivity contribution in [2.75, 3.05) is 0 Å². The number of halogens is 1. The Hall–Kier alpha value is -14.8. The molecule has 0 bridgehead atoms. The Morgan fingerprint density at radius 1 is 0.239 bits per heavy atom. The molecular weight excluding hydrogens is 1450 g/mol. The van der Waals surface area contributed by atoms with E-state index in [2.05, 4.69) is 377 Å². The molecule has 113 heavy (non-hydrogen) atoms. The molecule has 0 saturated carbocycles. The summed E-state index contributed by atoms with van der Waals surface area (Å²) < 4.78 is 25.7. The first-order valence-electron chi connectivity index (χ1n) is 38.1. The number of benzene rings is 16. The summed E-state index contributed by atoms with van der Waals surface area (Å²) in [5.41, 5.74) is 29.5. The zero-order valence-electron chi connectivity index (χ0n) is 60.5. The summed E-state index contributed by atoms with van der Waals surface area (Å²) in [6.45, 7) is 0. The third kappa shape index (κ3) is 9.59. The van der Waals surface area contributed by atoms with E-state index < -0.39 is 0 Å². The number of rotatable bonds is 5. The van der Waals surface area contributed by atoms with Crippen LogP contribution in [0.15, 0.2) is 377 Å². The van der Waals surface area contributed by atoms with Crippen LogP contribution in [0.5, 0.6) is 0 Å². The third-order valence-electron chi connectivity index (χ3n) is 23.1. The van der Waals surface area contributed by atoms with E-state index in [9.17, 15) is 0 Å². The van der Waals surface area contributed by atoms with E-state index in [4.69, 9.17) is 18.8 Å². The second-order valence-electron chi connectivity index (χ2n) is 29.3. The molecule has 0 atom stereocenters. The van der Waals surface area contributed by atoms with Gasteiger partial charge in [0.15, 0.2) is 11.2 Å². The lowest BCUT2D eigenvalue weighted by molar-refractivity contribution is 0.671. The monoisotopic (exact) mass is 1510 g/mol. The van der Waals surface area contributed by atoms with Gasteiger partial charge in [-0.1, -0.05) is 222 Å². The second kappa shape index (κ2) is 24.6. The molecule has 10 nitrogen and oxygen atoms in total. The molecule has 528 valence electrons. The molecule has 1 N–H and O–H groups in total. The summed E-state index contributed by atoms with van der Waals surface area (Å²) in [6, 6.07) is 129. The summed E-state index contributed by atoms with van der Waals surface area (Å²) in [7, 11) is 0. The van der Waals surface area contributed by atoms with Crippen molar-refractivity contribution in [2.45, 2.75) is 0 Å². The highest BCUT2D eigenvalue weighted by Crippen LogP contribution is 2.45. The summed E-state index contributed by atoms with van der Waals surface area (Å²) >= 11 is 3.59. The predicted octanol–water partition coefficient (Wildman–Crippen LogP) is 27.8.